The SMILES string of the molecule is CCOC(=O)C(Br)=C=CCC(=O)OC(c1ccccc1)c1ccccc1. The first kappa shape index (κ1) is 19.7. The van der Waals surface area contributed by atoms with E-state index < -0.39 is 18.0 Å². The fourth-order valence-corrected chi connectivity index (χ4v) is 2.52. The van der Waals surface area contributed by atoms with E-state index in [1.54, 1.807) is 6.92 Å². The first-order valence-electron chi connectivity index (χ1n) is 8.19. The van der Waals surface area contributed by atoms with Crippen LogP contribution >= 0.6 is 15.9 Å². The van der Waals surface area contributed by atoms with Gasteiger partial charge in [0.1, 0.15) is 4.48 Å². The van der Waals surface area contributed by atoms with Crippen LogP contribution in [-0.2, 0) is 19.1 Å². The van der Waals surface area contributed by atoms with Crippen LogP contribution in [0.1, 0.15) is 30.6 Å². The number of esters is 2. The van der Waals surface area contributed by atoms with Gasteiger partial charge in [-0.3, -0.25) is 4.79 Å². The van der Waals surface area contributed by atoms with Gasteiger partial charge in [-0.1, -0.05) is 60.7 Å². The Morgan fingerprint density at radius 2 is 1.58 bits per heavy atom. The van der Waals surface area contributed by atoms with Gasteiger partial charge in [0.15, 0.2) is 6.10 Å². The van der Waals surface area contributed by atoms with Crippen LogP contribution < -0.4 is 0 Å². The van der Waals surface area contributed by atoms with Crippen molar-refractivity contribution < 1.29 is 19.1 Å². The van der Waals surface area contributed by atoms with Crippen LogP contribution in [0.3, 0.4) is 0 Å². The smallest absolute Gasteiger partial charge is 0.353 e. The Kier molecular flexibility index (Phi) is 7.87. The van der Waals surface area contributed by atoms with Gasteiger partial charge in [-0.15, -0.1) is 5.73 Å². The van der Waals surface area contributed by atoms with Gasteiger partial charge in [0.05, 0.1) is 13.0 Å². The molecule has 0 aliphatic rings. The van der Waals surface area contributed by atoms with Gasteiger partial charge in [-0.2, -0.15) is 0 Å². The summed E-state index contributed by atoms with van der Waals surface area (Å²) < 4.78 is 10.6. The Morgan fingerprint density at radius 1 is 1.04 bits per heavy atom. The number of ether oxygens (including phenoxy) is 2. The van der Waals surface area contributed by atoms with E-state index in [4.69, 9.17) is 9.47 Å². The summed E-state index contributed by atoms with van der Waals surface area (Å²) in [4.78, 5) is 23.7. The highest BCUT2D eigenvalue weighted by molar-refractivity contribution is 9.12. The molecule has 5 heteroatoms. The van der Waals surface area contributed by atoms with Gasteiger partial charge in [0.25, 0.3) is 0 Å². The van der Waals surface area contributed by atoms with Crippen LogP contribution in [0.15, 0.2) is 77.0 Å². The second-order valence-electron chi connectivity index (χ2n) is 5.28. The molecule has 0 fully saturated rings. The maximum absolute atomic E-state index is 12.2. The Bertz CT molecular complexity index is 754. The number of carbonyl (C=O) groups excluding carboxylic acids is 2. The van der Waals surface area contributed by atoms with E-state index in [1.807, 2.05) is 60.7 Å². The van der Waals surface area contributed by atoms with Crippen molar-refractivity contribution >= 4 is 27.9 Å². The van der Waals surface area contributed by atoms with E-state index >= 15 is 0 Å². The third-order valence-electron chi connectivity index (χ3n) is 3.41. The molecule has 0 aliphatic heterocycles. The topological polar surface area (TPSA) is 52.6 Å². The zero-order valence-corrected chi connectivity index (χ0v) is 15.9. The third-order valence-corrected chi connectivity index (χ3v) is 3.96. The highest BCUT2D eigenvalue weighted by Gasteiger charge is 2.18. The van der Waals surface area contributed by atoms with Crippen molar-refractivity contribution in [3.63, 3.8) is 0 Å². The highest BCUT2D eigenvalue weighted by Crippen LogP contribution is 2.26. The predicted octanol–water partition coefficient (Wildman–Crippen LogP) is 4.71. The average Bonchev–Trinajstić information content (AvgIpc) is 2.67. The number of halogens is 1. The molecule has 2 aromatic rings. The van der Waals surface area contributed by atoms with Gasteiger partial charge < -0.3 is 9.47 Å². The van der Waals surface area contributed by atoms with Gasteiger partial charge in [0, 0.05) is 0 Å². The molecule has 0 bridgehead atoms. The van der Waals surface area contributed by atoms with Crippen LogP contribution in [0.4, 0.5) is 0 Å². The lowest BCUT2D eigenvalue weighted by molar-refractivity contribution is -0.146. The van der Waals surface area contributed by atoms with Crippen molar-refractivity contribution in [2.75, 3.05) is 6.61 Å². The summed E-state index contributed by atoms with van der Waals surface area (Å²) in [6, 6.07) is 19.1. The lowest BCUT2D eigenvalue weighted by atomic mass is 10.0. The number of carbonyl (C=O) groups is 2. The molecule has 26 heavy (non-hydrogen) atoms. The first-order chi connectivity index (χ1) is 12.6. The van der Waals surface area contributed by atoms with E-state index in [9.17, 15) is 9.59 Å². The monoisotopic (exact) mass is 414 g/mol. The maximum atomic E-state index is 12.2. The van der Waals surface area contributed by atoms with Gasteiger partial charge in [-0.25, -0.2) is 4.79 Å². The second-order valence-corrected chi connectivity index (χ2v) is 6.07. The fraction of sp³-hybridized carbons (Fsp3) is 0.190. The van der Waals surface area contributed by atoms with Crippen molar-refractivity contribution in [1.29, 1.82) is 0 Å². The van der Waals surface area contributed by atoms with E-state index in [2.05, 4.69) is 21.7 Å². The molecule has 0 unspecified atom stereocenters. The predicted molar refractivity (Wildman–Crippen MR) is 103 cm³/mol. The zero-order chi connectivity index (χ0) is 18.8. The number of rotatable bonds is 7. The molecule has 0 saturated heterocycles. The summed E-state index contributed by atoms with van der Waals surface area (Å²) in [5.74, 6) is -0.942. The van der Waals surface area contributed by atoms with E-state index in [-0.39, 0.29) is 17.5 Å². The summed E-state index contributed by atoms with van der Waals surface area (Å²) in [5, 5.41) is 0. The molecule has 0 aromatic heterocycles. The van der Waals surface area contributed by atoms with Crippen molar-refractivity contribution in [2.24, 2.45) is 0 Å². The molecule has 0 heterocycles. The molecular formula is C21H19BrO4. The second kappa shape index (κ2) is 10.4. The van der Waals surface area contributed by atoms with Gasteiger partial charge in [0.2, 0.25) is 0 Å². The Labute approximate surface area is 161 Å². The van der Waals surface area contributed by atoms with Crippen molar-refractivity contribution in [1.82, 2.24) is 0 Å². The zero-order valence-electron chi connectivity index (χ0n) is 14.4. The molecule has 2 aromatic carbocycles. The van der Waals surface area contributed by atoms with E-state index in [0.717, 1.165) is 11.1 Å². The first-order valence-corrected chi connectivity index (χ1v) is 8.98. The Hall–Kier alpha value is -2.62. The number of hydrogen-bond acceptors (Lipinski definition) is 4. The quantitative estimate of drug-likeness (QED) is 0.374. The fourth-order valence-electron chi connectivity index (χ4n) is 2.24. The van der Waals surface area contributed by atoms with Crippen LogP contribution in [0.5, 0.6) is 0 Å². The minimum atomic E-state index is -0.524. The van der Waals surface area contributed by atoms with Gasteiger partial charge >= 0.3 is 11.9 Å². The van der Waals surface area contributed by atoms with Crippen molar-refractivity contribution in [3.8, 4) is 0 Å². The molecular weight excluding hydrogens is 396 g/mol. The minimum Gasteiger partial charge on any atom is -0.462 e. The summed E-state index contributed by atoms with van der Waals surface area (Å²) in [7, 11) is 0. The Morgan fingerprint density at radius 3 is 2.08 bits per heavy atom. The average molecular weight is 415 g/mol. The molecule has 0 N–H and O–H groups in total. The highest BCUT2D eigenvalue weighted by atomic mass is 79.9. The lowest BCUT2D eigenvalue weighted by Gasteiger charge is -2.18. The van der Waals surface area contributed by atoms with Crippen molar-refractivity contribution in [2.45, 2.75) is 19.4 Å². The van der Waals surface area contributed by atoms with Crippen LogP contribution in [0.25, 0.3) is 0 Å². The molecule has 0 saturated carbocycles. The molecule has 2 rings (SSSR count). The van der Waals surface area contributed by atoms with Crippen LogP contribution in [0, 0.1) is 0 Å². The maximum Gasteiger partial charge on any atom is 0.353 e. The summed E-state index contributed by atoms with van der Waals surface area (Å²) >= 11 is 3.07. The summed E-state index contributed by atoms with van der Waals surface area (Å²) in [6.07, 6.45) is 0.942. The lowest BCUT2D eigenvalue weighted by Crippen LogP contribution is -2.12. The number of benzene rings is 2. The van der Waals surface area contributed by atoms with E-state index in [0.29, 0.717) is 0 Å². The normalized spacial score (nSPS) is 9.96. The molecule has 0 radical (unpaired) electrons. The largest absolute Gasteiger partial charge is 0.462 e. The summed E-state index contributed by atoms with van der Waals surface area (Å²) in [6.45, 7) is 1.99. The molecule has 0 aliphatic carbocycles. The molecule has 0 spiro atoms. The number of hydrogen-bond donors (Lipinski definition) is 0. The standard InChI is InChI=1S/C21H19BrO4/c1-2-25-21(24)18(22)14-9-15-19(23)26-20(16-10-5-3-6-11-16)17-12-7-4-8-13-17/h3-13,20H,2,15H2,1H3. The molecule has 0 amide bonds. The molecule has 4 nitrogen and oxygen atoms in total. The van der Waals surface area contributed by atoms with Crippen molar-refractivity contribution in [3.05, 3.63) is 88.1 Å². The minimum absolute atomic E-state index is 0.00925. The van der Waals surface area contributed by atoms with Crippen LogP contribution in [0.2, 0.25) is 0 Å². The van der Waals surface area contributed by atoms with E-state index in [1.165, 1.54) is 6.08 Å². The van der Waals surface area contributed by atoms with Gasteiger partial charge in [-0.05, 0) is 40.1 Å². The Balaban J connectivity index is 2.10. The summed E-state index contributed by atoms with van der Waals surface area (Å²) in [5.41, 5.74) is 4.46. The molecule has 134 valence electrons. The third kappa shape index (κ3) is 6.03. The molecule has 0 atom stereocenters. The van der Waals surface area contributed by atoms with Crippen LogP contribution in [-0.4, -0.2) is 18.5 Å².